The molecule has 3 aromatic rings. The van der Waals surface area contributed by atoms with Crippen molar-refractivity contribution in [2.75, 3.05) is 13.7 Å². The van der Waals surface area contributed by atoms with Gasteiger partial charge in [0.2, 0.25) is 0 Å². The smallest absolute Gasteiger partial charge is 0.254 e. The average Bonchev–Trinajstić information content (AvgIpc) is 3.10. The van der Waals surface area contributed by atoms with E-state index in [1.165, 1.54) is 0 Å². The summed E-state index contributed by atoms with van der Waals surface area (Å²) in [4.78, 5) is 14.7. The molecule has 0 spiro atoms. The molecule has 2 heterocycles. The Labute approximate surface area is 156 Å². The van der Waals surface area contributed by atoms with Gasteiger partial charge in [0, 0.05) is 46.9 Å². The third kappa shape index (κ3) is 3.06. The van der Waals surface area contributed by atoms with Crippen LogP contribution >= 0.6 is 11.6 Å². The Bertz CT molecular complexity index is 950. The first-order valence-corrected chi connectivity index (χ1v) is 8.79. The maximum atomic E-state index is 12.9. The van der Waals surface area contributed by atoms with Gasteiger partial charge in [-0.2, -0.15) is 5.10 Å². The molecule has 0 radical (unpaired) electrons. The molecule has 26 heavy (non-hydrogen) atoms. The van der Waals surface area contributed by atoms with Crippen LogP contribution in [-0.2, 0) is 13.0 Å². The zero-order valence-electron chi connectivity index (χ0n) is 14.3. The van der Waals surface area contributed by atoms with E-state index in [9.17, 15) is 4.79 Å². The van der Waals surface area contributed by atoms with Gasteiger partial charge in [0.1, 0.15) is 5.75 Å². The summed E-state index contributed by atoms with van der Waals surface area (Å²) in [6.07, 6.45) is 0.755. The van der Waals surface area contributed by atoms with Crippen molar-refractivity contribution in [3.05, 3.63) is 70.4 Å². The average molecular weight is 368 g/mol. The Morgan fingerprint density at radius 2 is 2.04 bits per heavy atom. The lowest BCUT2D eigenvalue weighted by molar-refractivity contribution is 0.0734. The Balaban J connectivity index is 1.61. The summed E-state index contributed by atoms with van der Waals surface area (Å²) in [5.74, 6) is 0.747. The molecule has 0 bridgehead atoms. The van der Waals surface area contributed by atoms with E-state index < -0.39 is 0 Å². The van der Waals surface area contributed by atoms with Gasteiger partial charge in [0.15, 0.2) is 0 Å². The third-order valence-corrected chi connectivity index (χ3v) is 4.89. The number of methoxy groups -OCH3 is 1. The number of fused-ring (bicyclic) bond motifs is 1. The molecule has 1 aromatic heterocycles. The molecule has 2 aromatic carbocycles. The van der Waals surface area contributed by atoms with Gasteiger partial charge in [-0.15, -0.1) is 0 Å². The number of nitrogens with one attached hydrogen (secondary N) is 1. The number of ether oxygens (including phenoxy) is 1. The van der Waals surface area contributed by atoms with Gasteiger partial charge in [0.05, 0.1) is 12.8 Å². The highest BCUT2D eigenvalue weighted by molar-refractivity contribution is 6.30. The molecule has 1 N–H and O–H groups in total. The Morgan fingerprint density at radius 3 is 2.77 bits per heavy atom. The van der Waals surface area contributed by atoms with E-state index >= 15 is 0 Å². The fourth-order valence-electron chi connectivity index (χ4n) is 3.26. The highest BCUT2D eigenvalue weighted by Crippen LogP contribution is 2.30. The lowest BCUT2D eigenvalue weighted by Gasteiger charge is -2.27. The SMILES string of the molecule is COc1ccc(C(=O)N2CCc3[nH]nc(-c4cccc(Cl)c4)c3C2)cc1. The van der Waals surface area contributed by atoms with Gasteiger partial charge < -0.3 is 9.64 Å². The molecule has 0 fully saturated rings. The predicted octanol–water partition coefficient (Wildman–Crippen LogP) is 3.94. The van der Waals surface area contributed by atoms with E-state index in [-0.39, 0.29) is 5.91 Å². The minimum absolute atomic E-state index is 0.0107. The fraction of sp³-hybridized carbons (Fsp3) is 0.200. The van der Waals surface area contributed by atoms with E-state index in [4.69, 9.17) is 16.3 Å². The summed E-state index contributed by atoms with van der Waals surface area (Å²) in [5.41, 5.74) is 4.60. The van der Waals surface area contributed by atoms with Crippen molar-refractivity contribution in [2.45, 2.75) is 13.0 Å². The number of aromatic nitrogens is 2. The van der Waals surface area contributed by atoms with Crippen LogP contribution in [0.25, 0.3) is 11.3 Å². The summed E-state index contributed by atoms with van der Waals surface area (Å²) >= 11 is 6.12. The van der Waals surface area contributed by atoms with Crippen molar-refractivity contribution in [3.63, 3.8) is 0 Å². The quantitative estimate of drug-likeness (QED) is 0.762. The van der Waals surface area contributed by atoms with Crippen LogP contribution in [0.1, 0.15) is 21.6 Å². The predicted molar refractivity (Wildman–Crippen MR) is 100 cm³/mol. The Hall–Kier alpha value is -2.79. The summed E-state index contributed by atoms with van der Waals surface area (Å²) in [6, 6.07) is 14.8. The molecule has 1 amide bonds. The highest BCUT2D eigenvalue weighted by atomic mass is 35.5. The number of carbonyl (C=O) groups is 1. The molecule has 0 atom stereocenters. The molecule has 1 aliphatic heterocycles. The summed E-state index contributed by atoms with van der Waals surface area (Å²) in [6.45, 7) is 1.19. The van der Waals surface area contributed by atoms with Crippen LogP contribution in [0.2, 0.25) is 5.02 Å². The molecule has 4 rings (SSSR count). The number of H-pyrrole nitrogens is 1. The van der Waals surface area contributed by atoms with Crippen molar-refractivity contribution >= 4 is 17.5 Å². The monoisotopic (exact) mass is 367 g/mol. The molecule has 0 aliphatic carbocycles. The van der Waals surface area contributed by atoms with Crippen LogP contribution < -0.4 is 4.74 Å². The summed E-state index contributed by atoms with van der Waals surface area (Å²) < 4.78 is 5.16. The maximum absolute atomic E-state index is 12.9. The van der Waals surface area contributed by atoms with Gasteiger partial charge >= 0.3 is 0 Å². The van der Waals surface area contributed by atoms with Crippen LogP contribution in [0.4, 0.5) is 0 Å². The van der Waals surface area contributed by atoms with E-state index in [2.05, 4.69) is 10.2 Å². The second kappa shape index (κ2) is 6.84. The van der Waals surface area contributed by atoms with Gasteiger partial charge in [-0.1, -0.05) is 23.7 Å². The van der Waals surface area contributed by atoms with Crippen molar-refractivity contribution in [1.82, 2.24) is 15.1 Å². The van der Waals surface area contributed by atoms with Crippen molar-refractivity contribution in [1.29, 1.82) is 0 Å². The van der Waals surface area contributed by atoms with E-state index in [1.54, 1.807) is 31.4 Å². The summed E-state index contributed by atoms with van der Waals surface area (Å²) in [5, 5.41) is 8.24. The van der Waals surface area contributed by atoms with Crippen molar-refractivity contribution in [3.8, 4) is 17.0 Å². The Morgan fingerprint density at radius 1 is 1.23 bits per heavy atom. The van der Waals surface area contributed by atoms with Gasteiger partial charge in [-0.3, -0.25) is 9.89 Å². The molecular weight excluding hydrogens is 350 g/mol. The van der Waals surface area contributed by atoms with Crippen LogP contribution in [0, 0.1) is 0 Å². The normalized spacial score (nSPS) is 13.4. The fourth-order valence-corrected chi connectivity index (χ4v) is 3.45. The van der Waals surface area contributed by atoms with Gasteiger partial charge in [0.25, 0.3) is 5.91 Å². The number of carbonyl (C=O) groups excluding carboxylic acids is 1. The lowest BCUT2D eigenvalue weighted by Crippen LogP contribution is -2.35. The number of nitrogens with zero attached hydrogens (tertiary/aromatic N) is 2. The molecule has 0 saturated carbocycles. The number of benzene rings is 2. The zero-order valence-corrected chi connectivity index (χ0v) is 15.1. The van der Waals surface area contributed by atoms with Crippen molar-refractivity contribution in [2.24, 2.45) is 0 Å². The van der Waals surface area contributed by atoms with E-state index in [1.807, 2.05) is 29.2 Å². The van der Waals surface area contributed by atoms with Gasteiger partial charge in [-0.25, -0.2) is 0 Å². The third-order valence-electron chi connectivity index (χ3n) is 4.66. The maximum Gasteiger partial charge on any atom is 0.254 e. The van der Waals surface area contributed by atoms with Crippen LogP contribution in [0.3, 0.4) is 0 Å². The number of hydrogen-bond acceptors (Lipinski definition) is 3. The molecule has 132 valence electrons. The van der Waals surface area contributed by atoms with Gasteiger partial charge in [-0.05, 0) is 36.4 Å². The highest BCUT2D eigenvalue weighted by Gasteiger charge is 2.26. The number of hydrogen-bond donors (Lipinski definition) is 1. The van der Waals surface area contributed by atoms with Crippen LogP contribution in [-0.4, -0.2) is 34.7 Å². The topological polar surface area (TPSA) is 58.2 Å². The minimum atomic E-state index is 0.0107. The first-order chi connectivity index (χ1) is 12.7. The molecular formula is C20H18ClN3O2. The first kappa shape index (κ1) is 16.7. The minimum Gasteiger partial charge on any atom is -0.497 e. The second-order valence-electron chi connectivity index (χ2n) is 6.24. The Kier molecular flexibility index (Phi) is 4.39. The van der Waals surface area contributed by atoms with Crippen molar-refractivity contribution < 1.29 is 9.53 Å². The largest absolute Gasteiger partial charge is 0.497 e. The number of aromatic amines is 1. The zero-order chi connectivity index (χ0) is 18.1. The summed E-state index contributed by atoms with van der Waals surface area (Å²) in [7, 11) is 1.61. The van der Waals surface area contributed by atoms with E-state index in [0.29, 0.717) is 23.7 Å². The first-order valence-electron chi connectivity index (χ1n) is 8.41. The second-order valence-corrected chi connectivity index (χ2v) is 6.68. The standard InChI is InChI=1S/C20H18ClN3O2/c1-26-16-7-5-13(6-8-16)20(25)24-10-9-18-17(12-24)19(23-22-18)14-3-2-4-15(21)11-14/h2-8,11H,9-10,12H2,1H3,(H,22,23). The van der Waals surface area contributed by atoms with Crippen LogP contribution in [0.15, 0.2) is 48.5 Å². The lowest BCUT2D eigenvalue weighted by atomic mass is 10.0. The number of amides is 1. The molecule has 0 unspecified atom stereocenters. The molecule has 6 heteroatoms. The van der Waals surface area contributed by atoms with Crippen LogP contribution in [0.5, 0.6) is 5.75 Å². The van der Waals surface area contributed by atoms with E-state index in [0.717, 1.165) is 34.7 Å². The number of rotatable bonds is 3. The molecule has 5 nitrogen and oxygen atoms in total. The molecule has 0 saturated heterocycles. The molecule has 1 aliphatic rings. The number of halogens is 1.